The average Bonchev–Trinajstić information content (AvgIpc) is 2.90. The molecule has 0 aromatic heterocycles. The SMILES string of the molecule is COc1cc(C2c3cc(OC)c(OC)cc3C[C@H](CO)[C@H]2CO[C@@H]2OC[C@@H](O)[C@H](O)[C@H]2O)ccc1O. The summed E-state index contributed by atoms with van der Waals surface area (Å²) in [6.45, 7) is -0.213. The molecule has 2 aromatic rings. The van der Waals surface area contributed by atoms with Crippen LogP contribution in [0, 0.1) is 11.8 Å². The van der Waals surface area contributed by atoms with Gasteiger partial charge in [0.25, 0.3) is 0 Å². The summed E-state index contributed by atoms with van der Waals surface area (Å²) in [6.07, 6.45) is -4.61. The Morgan fingerprint density at radius 3 is 2.28 bits per heavy atom. The van der Waals surface area contributed by atoms with Crippen LogP contribution in [-0.2, 0) is 15.9 Å². The van der Waals surface area contributed by atoms with Gasteiger partial charge in [-0.2, -0.15) is 0 Å². The lowest BCUT2D eigenvalue weighted by atomic mass is 9.67. The highest BCUT2D eigenvalue weighted by Gasteiger charge is 2.42. The van der Waals surface area contributed by atoms with Crippen LogP contribution in [0.15, 0.2) is 30.3 Å². The first kappa shape index (κ1) is 26.5. The Bertz CT molecular complexity index is 1040. The van der Waals surface area contributed by atoms with E-state index in [0.29, 0.717) is 23.7 Å². The Morgan fingerprint density at radius 1 is 0.917 bits per heavy atom. The molecule has 7 atom stereocenters. The number of hydrogen-bond donors (Lipinski definition) is 5. The highest BCUT2D eigenvalue weighted by Crippen LogP contribution is 2.48. The number of methoxy groups -OCH3 is 3. The zero-order chi connectivity index (χ0) is 26.0. The first-order chi connectivity index (χ1) is 17.3. The van der Waals surface area contributed by atoms with Crippen LogP contribution in [0.4, 0.5) is 0 Å². The van der Waals surface area contributed by atoms with Crippen molar-refractivity contribution in [1.29, 1.82) is 0 Å². The second-order valence-electron chi connectivity index (χ2n) is 9.21. The number of aromatic hydroxyl groups is 1. The van der Waals surface area contributed by atoms with Crippen LogP contribution in [0.5, 0.6) is 23.0 Å². The minimum absolute atomic E-state index is 0.00220. The van der Waals surface area contributed by atoms with Gasteiger partial charge in [0.05, 0.1) is 34.5 Å². The van der Waals surface area contributed by atoms with Crippen LogP contribution >= 0.6 is 0 Å². The monoisotopic (exact) mass is 506 g/mol. The van der Waals surface area contributed by atoms with Crippen LogP contribution in [0.25, 0.3) is 0 Å². The number of benzene rings is 2. The Hall–Kier alpha value is -2.60. The maximum absolute atomic E-state index is 10.4. The molecule has 1 aliphatic carbocycles. The molecule has 0 saturated carbocycles. The molecule has 0 amide bonds. The van der Waals surface area contributed by atoms with Gasteiger partial charge in [-0.25, -0.2) is 0 Å². The number of rotatable bonds is 8. The molecule has 2 aliphatic rings. The molecule has 4 rings (SSSR count). The third-order valence-electron chi connectivity index (χ3n) is 7.20. The number of fused-ring (bicyclic) bond motifs is 1. The Kier molecular flexibility index (Phi) is 8.23. The molecule has 198 valence electrons. The molecule has 1 unspecified atom stereocenters. The molecule has 1 aliphatic heterocycles. The van der Waals surface area contributed by atoms with Crippen molar-refractivity contribution in [2.75, 3.05) is 41.2 Å². The molecule has 1 heterocycles. The predicted octanol–water partition coefficient (Wildman–Crippen LogP) is 0.786. The fraction of sp³-hybridized carbons (Fsp3) is 0.538. The number of aliphatic hydroxyl groups excluding tert-OH is 4. The molecule has 0 spiro atoms. The summed E-state index contributed by atoms with van der Waals surface area (Å²) >= 11 is 0. The zero-order valence-corrected chi connectivity index (χ0v) is 20.5. The molecule has 1 fully saturated rings. The van der Waals surface area contributed by atoms with Gasteiger partial charge in [0.1, 0.15) is 18.3 Å². The van der Waals surface area contributed by atoms with Crippen LogP contribution in [0.3, 0.4) is 0 Å². The maximum Gasteiger partial charge on any atom is 0.186 e. The van der Waals surface area contributed by atoms with Gasteiger partial charge < -0.3 is 49.2 Å². The largest absolute Gasteiger partial charge is 0.504 e. The smallest absolute Gasteiger partial charge is 0.186 e. The lowest BCUT2D eigenvalue weighted by Gasteiger charge is -2.41. The van der Waals surface area contributed by atoms with Crippen molar-refractivity contribution in [3.8, 4) is 23.0 Å². The van der Waals surface area contributed by atoms with Crippen molar-refractivity contribution in [2.24, 2.45) is 11.8 Å². The van der Waals surface area contributed by atoms with Crippen molar-refractivity contribution < 1.29 is 49.2 Å². The normalized spacial score (nSPS) is 29.9. The lowest BCUT2D eigenvalue weighted by molar-refractivity contribution is -0.274. The number of hydrogen-bond acceptors (Lipinski definition) is 10. The summed E-state index contributed by atoms with van der Waals surface area (Å²) < 4.78 is 27.8. The van der Waals surface area contributed by atoms with Crippen molar-refractivity contribution in [1.82, 2.24) is 0 Å². The van der Waals surface area contributed by atoms with Gasteiger partial charge in [-0.3, -0.25) is 0 Å². The minimum atomic E-state index is -1.42. The van der Waals surface area contributed by atoms with Gasteiger partial charge in [0.15, 0.2) is 29.3 Å². The van der Waals surface area contributed by atoms with Gasteiger partial charge in [-0.15, -0.1) is 0 Å². The van der Waals surface area contributed by atoms with Crippen LogP contribution in [0.2, 0.25) is 0 Å². The van der Waals surface area contributed by atoms with E-state index in [9.17, 15) is 25.5 Å². The second kappa shape index (κ2) is 11.2. The third kappa shape index (κ3) is 4.97. The van der Waals surface area contributed by atoms with Crippen LogP contribution < -0.4 is 14.2 Å². The van der Waals surface area contributed by atoms with Crippen molar-refractivity contribution in [2.45, 2.75) is 36.9 Å². The number of phenolic OH excluding ortho intramolecular Hbond substituents is 1. The molecular formula is C26H34O10. The summed E-state index contributed by atoms with van der Waals surface area (Å²) in [5.74, 6) is 0.627. The second-order valence-corrected chi connectivity index (χ2v) is 9.21. The summed E-state index contributed by atoms with van der Waals surface area (Å²) in [6, 6.07) is 8.91. The predicted molar refractivity (Wildman–Crippen MR) is 128 cm³/mol. The van der Waals surface area contributed by atoms with E-state index in [1.54, 1.807) is 32.4 Å². The average molecular weight is 507 g/mol. The Labute approximate surface area is 209 Å². The van der Waals surface area contributed by atoms with E-state index in [0.717, 1.165) is 16.7 Å². The van der Waals surface area contributed by atoms with Gasteiger partial charge in [-0.05, 0) is 59.2 Å². The van der Waals surface area contributed by atoms with Gasteiger partial charge >= 0.3 is 0 Å². The summed E-state index contributed by atoms with van der Waals surface area (Å²) in [7, 11) is 4.60. The Balaban J connectivity index is 1.75. The molecule has 5 N–H and O–H groups in total. The first-order valence-corrected chi connectivity index (χ1v) is 11.8. The molecule has 10 heteroatoms. The quantitative estimate of drug-likeness (QED) is 0.348. The van der Waals surface area contributed by atoms with Gasteiger partial charge in [0, 0.05) is 12.5 Å². The van der Waals surface area contributed by atoms with E-state index in [1.165, 1.54) is 7.11 Å². The fourth-order valence-corrected chi connectivity index (χ4v) is 5.22. The highest BCUT2D eigenvalue weighted by atomic mass is 16.7. The lowest BCUT2D eigenvalue weighted by Crippen LogP contribution is -2.54. The maximum atomic E-state index is 10.4. The summed E-state index contributed by atoms with van der Waals surface area (Å²) in [5.41, 5.74) is 2.75. The molecular weight excluding hydrogens is 472 g/mol. The molecule has 0 bridgehead atoms. The van der Waals surface area contributed by atoms with E-state index in [4.69, 9.17) is 23.7 Å². The fourth-order valence-electron chi connectivity index (χ4n) is 5.22. The highest BCUT2D eigenvalue weighted by molar-refractivity contribution is 5.54. The summed E-state index contributed by atoms with van der Waals surface area (Å²) in [5, 5.41) is 50.7. The van der Waals surface area contributed by atoms with E-state index < -0.39 is 24.6 Å². The Morgan fingerprint density at radius 2 is 1.61 bits per heavy atom. The van der Waals surface area contributed by atoms with Crippen molar-refractivity contribution in [3.63, 3.8) is 0 Å². The number of ether oxygens (including phenoxy) is 5. The molecule has 2 aromatic carbocycles. The van der Waals surface area contributed by atoms with Gasteiger partial charge in [-0.1, -0.05) is 6.07 Å². The molecule has 1 saturated heterocycles. The van der Waals surface area contributed by atoms with Gasteiger partial charge in [0.2, 0.25) is 0 Å². The van der Waals surface area contributed by atoms with Crippen molar-refractivity contribution in [3.05, 3.63) is 47.0 Å². The van der Waals surface area contributed by atoms with E-state index in [1.807, 2.05) is 12.1 Å². The summed E-state index contributed by atoms with van der Waals surface area (Å²) in [4.78, 5) is 0. The van der Waals surface area contributed by atoms with E-state index in [2.05, 4.69) is 0 Å². The zero-order valence-electron chi connectivity index (χ0n) is 20.5. The first-order valence-electron chi connectivity index (χ1n) is 11.8. The minimum Gasteiger partial charge on any atom is -0.504 e. The van der Waals surface area contributed by atoms with Crippen LogP contribution in [0.1, 0.15) is 22.6 Å². The van der Waals surface area contributed by atoms with E-state index >= 15 is 0 Å². The standard InChI is InChI=1S/C26H34O10/c1-32-20-7-13(4-5-18(20)28)23-16-9-22(34-3)21(33-2)8-14(16)6-15(10-27)17(23)11-35-26-25(31)24(30)19(29)12-36-26/h4-5,7-9,15,17,19,23-31H,6,10-12H2,1-3H3/t15-,17-,19-,23?,24+,25-,26-/m1/s1. The topological polar surface area (TPSA) is 147 Å². The van der Waals surface area contributed by atoms with E-state index in [-0.39, 0.29) is 43.3 Å². The molecule has 10 nitrogen and oxygen atoms in total. The molecule has 0 radical (unpaired) electrons. The molecule has 36 heavy (non-hydrogen) atoms. The third-order valence-corrected chi connectivity index (χ3v) is 7.20. The van der Waals surface area contributed by atoms with Crippen molar-refractivity contribution >= 4 is 0 Å². The number of phenols is 1. The number of aliphatic hydroxyl groups is 4. The van der Waals surface area contributed by atoms with Crippen LogP contribution in [-0.4, -0.2) is 91.3 Å².